The van der Waals surface area contributed by atoms with Gasteiger partial charge >= 0.3 is 0 Å². The molecule has 6 heteroatoms. The van der Waals surface area contributed by atoms with E-state index < -0.39 is 0 Å². The van der Waals surface area contributed by atoms with Gasteiger partial charge in [0, 0.05) is 26.2 Å². The molecule has 1 rings (SSSR count). The first-order valence-electron chi connectivity index (χ1n) is 4.40. The molecule has 0 bridgehead atoms. The van der Waals surface area contributed by atoms with E-state index in [1.54, 1.807) is 12.4 Å². The molecular weight excluding hydrogens is 202 g/mol. The van der Waals surface area contributed by atoms with Crippen molar-refractivity contribution in [1.29, 1.82) is 0 Å². The van der Waals surface area contributed by atoms with E-state index in [9.17, 15) is 0 Å². The van der Waals surface area contributed by atoms with E-state index in [2.05, 4.69) is 9.97 Å². The topological polar surface area (TPSA) is 81.1 Å². The van der Waals surface area contributed by atoms with Crippen LogP contribution in [0, 0.1) is 0 Å². The zero-order chi connectivity index (χ0) is 10.4. The van der Waals surface area contributed by atoms with Gasteiger partial charge in [-0.2, -0.15) is 0 Å². The lowest BCUT2D eigenvalue weighted by Gasteiger charge is -2.20. The first-order valence-corrected chi connectivity index (χ1v) is 4.78. The van der Waals surface area contributed by atoms with E-state index in [1.807, 2.05) is 4.90 Å². The fraction of sp³-hybridized carbons (Fsp3) is 0.500. The standard InChI is InChI=1S/C8H14ClN5/c9-7-5-12-8(13-6-7)14(3-1-10)4-2-11/h5-6H,1-4,10-11H2. The Morgan fingerprint density at radius 3 is 2.07 bits per heavy atom. The summed E-state index contributed by atoms with van der Waals surface area (Å²) in [5.74, 6) is 0.616. The molecule has 0 atom stereocenters. The van der Waals surface area contributed by atoms with Gasteiger partial charge in [-0.1, -0.05) is 11.6 Å². The van der Waals surface area contributed by atoms with Crippen LogP contribution in [0.5, 0.6) is 0 Å². The maximum atomic E-state index is 5.68. The lowest BCUT2D eigenvalue weighted by molar-refractivity contribution is 0.754. The third kappa shape index (κ3) is 3.10. The lowest BCUT2D eigenvalue weighted by Crippen LogP contribution is -2.35. The molecule has 0 radical (unpaired) electrons. The van der Waals surface area contributed by atoms with Crippen LogP contribution in [-0.4, -0.2) is 36.1 Å². The van der Waals surface area contributed by atoms with Gasteiger partial charge in [0.1, 0.15) is 0 Å². The minimum atomic E-state index is 0.522. The van der Waals surface area contributed by atoms with E-state index in [-0.39, 0.29) is 0 Å². The highest BCUT2D eigenvalue weighted by Crippen LogP contribution is 2.09. The lowest BCUT2D eigenvalue weighted by atomic mass is 10.5. The van der Waals surface area contributed by atoms with Gasteiger partial charge < -0.3 is 16.4 Å². The summed E-state index contributed by atoms with van der Waals surface area (Å²) in [4.78, 5) is 10.1. The first kappa shape index (κ1) is 11.2. The molecule has 14 heavy (non-hydrogen) atoms. The van der Waals surface area contributed by atoms with E-state index in [0.29, 0.717) is 37.1 Å². The van der Waals surface area contributed by atoms with Crippen LogP contribution >= 0.6 is 11.6 Å². The summed E-state index contributed by atoms with van der Waals surface area (Å²) in [6.45, 7) is 2.48. The Balaban J connectivity index is 2.71. The highest BCUT2D eigenvalue weighted by molar-refractivity contribution is 6.30. The third-order valence-electron chi connectivity index (χ3n) is 1.69. The summed E-state index contributed by atoms with van der Waals surface area (Å²) in [5.41, 5.74) is 10.9. The van der Waals surface area contributed by atoms with Crippen molar-refractivity contribution in [3.63, 3.8) is 0 Å². The zero-order valence-electron chi connectivity index (χ0n) is 7.86. The minimum absolute atomic E-state index is 0.522. The van der Waals surface area contributed by atoms with Gasteiger partial charge in [0.25, 0.3) is 0 Å². The number of anilines is 1. The molecule has 78 valence electrons. The molecule has 0 unspecified atom stereocenters. The van der Waals surface area contributed by atoms with Gasteiger partial charge in [-0.15, -0.1) is 0 Å². The number of rotatable bonds is 5. The molecule has 5 nitrogen and oxygen atoms in total. The summed E-state index contributed by atoms with van der Waals surface area (Å²) in [5, 5.41) is 0.522. The Labute approximate surface area is 88.1 Å². The van der Waals surface area contributed by atoms with Gasteiger partial charge in [0.2, 0.25) is 5.95 Å². The van der Waals surface area contributed by atoms with Gasteiger partial charge in [-0.3, -0.25) is 0 Å². The number of nitrogens with zero attached hydrogens (tertiary/aromatic N) is 3. The van der Waals surface area contributed by atoms with Crippen LogP contribution in [0.3, 0.4) is 0 Å². The van der Waals surface area contributed by atoms with Crippen LogP contribution in [0.15, 0.2) is 12.4 Å². The van der Waals surface area contributed by atoms with Crippen molar-refractivity contribution in [2.75, 3.05) is 31.1 Å². The quantitative estimate of drug-likeness (QED) is 0.714. The number of halogens is 1. The van der Waals surface area contributed by atoms with Crippen LogP contribution in [0.2, 0.25) is 5.02 Å². The highest BCUT2D eigenvalue weighted by atomic mass is 35.5. The number of nitrogens with two attached hydrogens (primary N) is 2. The second kappa shape index (κ2) is 5.74. The van der Waals surface area contributed by atoms with Crippen molar-refractivity contribution in [2.45, 2.75) is 0 Å². The largest absolute Gasteiger partial charge is 0.338 e. The average molecular weight is 216 g/mol. The SMILES string of the molecule is NCCN(CCN)c1ncc(Cl)cn1. The molecular formula is C8H14ClN5. The molecule has 1 aromatic heterocycles. The normalized spacial score (nSPS) is 10.2. The van der Waals surface area contributed by atoms with Gasteiger partial charge in [-0.25, -0.2) is 9.97 Å². The Morgan fingerprint density at radius 1 is 1.14 bits per heavy atom. The van der Waals surface area contributed by atoms with E-state index in [4.69, 9.17) is 23.1 Å². The Hall–Kier alpha value is -0.910. The molecule has 0 spiro atoms. The predicted molar refractivity (Wildman–Crippen MR) is 57.4 cm³/mol. The van der Waals surface area contributed by atoms with Crippen LogP contribution in [0.4, 0.5) is 5.95 Å². The molecule has 0 aliphatic carbocycles. The fourth-order valence-electron chi connectivity index (χ4n) is 1.09. The Morgan fingerprint density at radius 2 is 1.64 bits per heavy atom. The first-order chi connectivity index (χ1) is 6.77. The molecule has 4 N–H and O–H groups in total. The third-order valence-corrected chi connectivity index (χ3v) is 1.88. The van der Waals surface area contributed by atoms with Crippen LogP contribution in [0.25, 0.3) is 0 Å². The number of aromatic nitrogens is 2. The smallest absolute Gasteiger partial charge is 0.225 e. The van der Waals surface area contributed by atoms with Crippen LogP contribution in [0.1, 0.15) is 0 Å². The second-order valence-corrected chi connectivity index (χ2v) is 3.20. The summed E-state index contributed by atoms with van der Waals surface area (Å²) < 4.78 is 0. The zero-order valence-corrected chi connectivity index (χ0v) is 8.61. The van der Waals surface area contributed by atoms with Crippen molar-refractivity contribution < 1.29 is 0 Å². The number of hydrogen-bond donors (Lipinski definition) is 2. The maximum absolute atomic E-state index is 5.68. The Bertz CT molecular complexity index is 257. The van der Waals surface area contributed by atoms with Crippen molar-refractivity contribution >= 4 is 17.5 Å². The highest BCUT2D eigenvalue weighted by Gasteiger charge is 2.06. The maximum Gasteiger partial charge on any atom is 0.225 e. The summed E-state index contributed by atoms with van der Waals surface area (Å²) >= 11 is 5.68. The van der Waals surface area contributed by atoms with Crippen molar-refractivity contribution in [2.24, 2.45) is 11.5 Å². The predicted octanol–water partition coefficient (Wildman–Crippen LogP) is -0.146. The molecule has 0 saturated heterocycles. The molecule has 0 amide bonds. The fourth-order valence-corrected chi connectivity index (χ4v) is 1.19. The van der Waals surface area contributed by atoms with Gasteiger partial charge in [0.05, 0.1) is 17.4 Å². The number of hydrogen-bond acceptors (Lipinski definition) is 5. The van der Waals surface area contributed by atoms with Crippen molar-refractivity contribution in [3.05, 3.63) is 17.4 Å². The average Bonchev–Trinajstić information content (AvgIpc) is 2.19. The molecule has 0 aliphatic heterocycles. The van der Waals surface area contributed by atoms with Gasteiger partial charge in [0.15, 0.2) is 0 Å². The monoisotopic (exact) mass is 215 g/mol. The van der Waals surface area contributed by atoms with Gasteiger partial charge in [-0.05, 0) is 0 Å². The molecule has 0 fully saturated rings. The second-order valence-electron chi connectivity index (χ2n) is 2.77. The van der Waals surface area contributed by atoms with Crippen molar-refractivity contribution in [1.82, 2.24) is 9.97 Å². The van der Waals surface area contributed by atoms with E-state index >= 15 is 0 Å². The van der Waals surface area contributed by atoms with Crippen LogP contribution < -0.4 is 16.4 Å². The summed E-state index contributed by atoms with van der Waals surface area (Å²) in [7, 11) is 0. The van der Waals surface area contributed by atoms with Crippen LogP contribution in [-0.2, 0) is 0 Å². The minimum Gasteiger partial charge on any atom is -0.338 e. The summed E-state index contributed by atoms with van der Waals surface area (Å²) in [6, 6.07) is 0. The molecule has 0 aliphatic rings. The molecule has 0 saturated carbocycles. The molecule has 0 aromatic carbocycles. The van der Waals surface area contributed by atoms with Crippen molar-refractivity contribution in [3.8, 4) is 0 Å². The van der Waals surface area contributed by atoms with E-state index in [1.165, 1.54) is 0 Å². The summed E-state index contributed by atoms with van der Waals surface area (Å²) in [6.07, 6.45) is 3.12. The molecule has 1 aromatic rings. The van der Waals surface area contributed by atoms with E-state index in [0.717, 1.165) is 0 Å². The Kier molecular flexibility index (Phi) is 4.58. The molecule has 1 heterocycles.